The molecule has 1 fully saturated rings. The summed E-state index contributed by atoms with van der Waals surface area (Å²) in [4.78, 5) is 29.8. The van der Waals surface area contributed by atoms with Gasteiger partial charge in [0.2, 0.25) is 5.91 Å². The predicted molar refractivity (Wildman–Crippen MR) is 96.9 cm³/mol. The number of carbonyl (C=O) groups excluding carboxylic acids is 1. The Balaban J connectivity index is 1.93. The van der Waals surface area contributed by atoms with E-state index in [0.717, 1.165) is 17.7 Å². The average Bonchev–Trinajstić information content (AvgIpc) is 3.27. The third-order valence-corrected chi connectivity index (χ3v) is 4.76. The number of nitrogens with zero attached hydrogens (tertiary/aromatic N) is 4. The van der Waals surface area contributed by atoms with Gasteiger partial charge in [0, 0.05) is 29.8 Å². The molecule has 0 spiro atoms. The first-order chi connectivity index (χ1) is 12.6. The van der Waals surface area contributed by atoms with E-state index >= 15 is 0 Å². The number of benzene rings is 1. The van der Waals surface area contributed by atoms with Gasteiger partial charge < -0.3 is 9.88 Å². The zero-order valence-corrected chi connectivity index (χ0v) is 14.3. The Labute approximate surface area is 149 Å². The quantitative estimate of drug-likeness (QED) is 0.786. The molecule has 130 valence electrons. The van der Waals surface area contributed by atoms with E-state index in [0.29, 0.717) is 41.9 Å². The number of anilines is 1. The minimum atomic E-state index is -0.236. The Morgan fingerprint density at radius 2 is 2.19 bits per heavy atom. The summed E-state index contributed by atoms with van der Waals surface area (Å²) in [6, 6.07) is 9.63. The van der Waals surface area contributed by atoms with Crippen LogP contribution in [0, 0.1) is 11.3 Å². The fourth-order valence-corrected chi connectivity index (χ4v) is 3.46. The molecule has 2 aromatic heterocycles. The number of hydrogen-bond acceptors (Lipinski definition) is 4. The second-order valence-corrected chi connectivity index (χ2v) is 6.27. The molecule has 1 saturated heterocycles. The molecule has 3 heterocycles. The summed E-state index contributed by atoms with van der Waals surface area (Å²) in [6.45, 7) is 2.61. The molecule has 0 bridgehead atoms. The van der Waals surface area contributed by atoms with Crippen LogP contribution in [0.15, 0.2) is 35.3 Å². The van der Waals surface area contributed by atoms with Gasteiger partial charge >= 0.3 is 0 Å². The molecule has 1 amide bonds. The normalized spacial score (nSPS) is 14.2. The van der Waals surface area contributed by atoms with E-state index in [9.17, 15) is 14.9 Å². The van der Waals surface area contributed by atoms with Crippen LogP contribution in [0.5, 0.6) is 0 Å². The molecular weight excluding hydrogens is 330 g/mol. The summed E-state index contributed by atoms with van der Waals surface area (Å²) in [6.07, 6.45) is 3.33. The minimum Gasteiger partial charge on any atom is -0.338 e. The van der Waals surface area contributed by atoms with Crippen LogP contribution in [-0.4, -0.2) is 27.0 Å². The van der Waals surface area contributed by atoms with Crippen LogP contribution in [0.1, 0.15) is 30.9 Å². The van der Waals surface area contributed by atoms with Gasteiger partial charge in [0.15, 0.2) is 5.65 Å². The van der Waals surface area contributed by atoms with Crippen LogP contribution >= 0.6 is 0 Å². The Hall–Kier alpha value is -3.40. The maximum Gasteiger partial charge on any atom is 0.278 e. The highest BCUT2D eigenvalue weighted by atomic mass is 16.2. The highest BCUT2D eigenvalue weighted by Gasteiger charge is 2.22. The minimum absolute atomic E-state index is 0.115. The lowest BCUT2D eigenvalue weighted by Gasteiger charge is -2.17. The van der Waals surface area contributed by atoms with Crippen molar-refractivity contribution in [2.24, 2.45) is 0 Å². The first-order valence-electron chi connectivity index (χ1n) is 8.57. The zero-order valence-electron chi connectivity index (χ0n) is 14.3. The summed E-state index contributed by atoms with van der Waals surface area (Å²) < 4.78 is 1.23. The van der Waals surface area contributed by atoms with E-state index in [1.807, 2.05) is 37.3 Å². The number of aromatic amines is 1. The van der Waals surface area contributed by atoms with Crippen molar-refractivity contribution in [1.82, 2.24) is 14.6 Å². The lowest BCUT2D eigenvalue weighted by molar-refractivity contribution is -0.117. The molecule has 1 aliphatic rings. The van der Waals surface area contributed by atoms with Gasteiger partial charge in [0.1, 0.15) is 11.6 Å². The van der Waals surface area contributed by atoms with Gasteiger partial charge in [-0.15, -0.1) is 0 Å². The largest absolute Gasteiger partial charge is 0.338 e. The van der Waals surface area contributed by atoms with Crippen LogP contribution in [-0.2, 0) is 11.2 Å². The highest BCUT2D eigenvalue weighted by Crippen LogP contribution is 2.28. The molecule has 1 N–H and O–H groups in total. The molecule has 4 rings (SSSR count). The fourth-order valence-electron chi connectivity index (χ4n) is 3.46. The van der Waals surface area contributed by atoms with Crippen molar-refractivity contribution in [3.05, 3.63) is 51.9 Å². The van der Waals surface area contributed by atoms with E-state index in [2.05, 4.69) is 10.1 Å². The summed E-state index contributed by atoms with van der Waals surface area (Å²) in [7, 11) is 0. The molecule has 7 heteroatoms. The first-order valence-corrected chi connectivity index (χ1v) is 8.57. The van der Waals surface area contributed by atoms with Gasteiger partial charge in [0.25, 0.3) is 5.56 Å². The summed E-state index contributed by atoms with van der Waals surface area (Å²) in [5.41, 5.74) is 3.35. The van der Waals surface area contributed by atoms with E-state index in [4.69, 9.17) is 0 Å². The summed E-state index contributed by atoms with van der Waals surface area (Å²) in [5, 5.41) is 13.3. The monoisotopic (exact) mass is 347 g/mol. The summed E-state index contributed by atoms with van der Waals surface area (Å²) >= 11 is 0. The van der Waals surface area contributed by atoms with Crippen molar-refractivity contribution in [1.29, 1.82) is 5.26 Å². The number of nitriles is 1. The Kier molecular flexibility index (Phi) is 3.81. The van der Waals surface area contributed by atoms with Crippen LogP contribution < -0.4 is 10.5 Å². The van der Waals surface area contributed by atoms with E-state index in [1.54, 1.807) is 4.90 Å². The van der Waals surface area contributed by atoms with Crippen molar-refractivity contribution in [3.63, 3.8) is 0 Å². The van der Waals surface area contributed by atoms with Crippen molar-refractivity contribution >= 4 is 17.2 Å². The highest BCUT2D eigenvalue weighted by molar-refractivity contribution is 5.96. The second kappa shape index (κ2) is 6.15. The van der Waals surface area contributed by atoms with Gasteiger partial charge in [-0.25, -0.2) is 0 Å². The lowest BCUT2D eigenvalue weighted by Crippen LogP contribution is -2.24. The van der Waals surface area contributed by atoms with E-state index in [-0.39, 0.29) is 11.5 Å². The molecule has 0 aliphatic carbocycles. The van der Waals surface area contributed by atoms with Gasteiger partial charge in [-0.3, -0.25) is 9.59 Å². The lowest BCUT2D eigenvalue weighted by atomic mass is 10.0. The van der Waals surface area contributed by atoms with E-state index in [1.165, 1.54) is 10.7 Å². The van der Waals surface area contributed by atoms with Crippen molar-refractivity contribution in [2.75, 3.05) is 11.4 Å². The average molecular weight is 347 g/mol. The maximum atomic E-state index is 12.8. The number of carbonyl (C=O) groups is 1. The number of H-pyrrole nitrogens is 1. The maximum absolute atomic E-state index is 12.8. The molecule has 0 unspecified atom stereocenters. The molecule has 3 aromatic rings. The molecule has 1 aliphatic heterocycles. The third kappa shape index (κ3) is 2.39. The van der Waals surface area contributed by atoms with Crippen LogP contribution in [0.4, 0.5) is 5.69 Å². The number of hydrogen-bond donors (Lipinski definition) is 1. The first kappa shape index (κ1) is 16.1. The molecule has 7 nitrogen and oxygen atoms in total. The molecule has 0 radical (unpaired) electrons. The van der Waals surface area contributed by atoms with Gasteiger partial charge in [-0.05, 0) is 25.0 Å². The third-order valence-electron chi connectivity index (χ3n) is 4.76. The van der Waals surface area contributed by atoms with Gasteiger partial charge in [-0.1, -0.05) is 19.1 Å². The fraction of sp³-hybridized carbons (Fsp3) is 0.263. The SMILES string of the molecule is CCc1c(-c2cccc(N3CCCC3=O)c2)[nH]c2c(C#N)cnn2c1=O. The number of fused-ring (bicyclic) bond motifs is 1. The predicted octanol–water partition coefficient (Wildman–Crippen LogP) is 2.25. The molecule has 0 saturated carbocycles. The van der Waals surface area contributed by atoms with Gasteiger partial charge in [-0.2, -0.15) is 14.9 Å². The van der Waals surface area contributed by atoms with Crippen LogP contribution in [0.2, 0.25) is 0 Å². The van der Waals surface area contributed by atoms with Gasteiger partial charge in [0.05, 0.1) is 11.9 Å². The number of aromatic nitrogens is 3. The van der Waals surface area contributed by atoms with E-state index < -0.39 is 0 Å². The van der Waals surface area contributed by atoms with Crippen molar-refractivity contribution < 1.29 is 4.79 Å². The molecule has 0 atom stereocenters. The topological polar surface area (TPSA) is 94.3 Å². The standard InChI is InChI=1S/C19H17N5O2/c1-2-15-17(22-18-13(10-20)11-21-24(18)19(15)26)12-5-3-6-14(9-12)23-8-4-7-16(23)25/h3,5-6,9,11,22H,2,4,7-8H2,1H3. The Bertz CT molecular complexity index is 1120. The Morgan fingerprint density at radius 1 is 1.35 bits per heavy atom. The van der Waals surface area contributed by atoms with Crippen molar-refractivity contribution in [3.8, 4) is 17.3 Å². The van der Waals surface area contributed by atoms with Crippen LogP contribution in [0.25, 0.3) is 16.9 Å². The molecule has 1 aromatic carbocycles. The Morgan fingerprint density at radius 3 is 2.88 bits per heavy atom. The van der Waals surface area contributed by atoms with Crippen molar-refractivity contribution in [2.45, 2.75) is 26.2 Å². The number of amides is 1. The smallest absolute Gasteiger partial charge is 0.278 e. The zero-order chi connectivity index (χ0) is 18.3. The second-order valence-electron chi connectivity index (χ2n) is 6.27. The molecular formula is C19H17N5O2. The summed E-state index contributed by atoms with van der Waals surface area (Å²) in [5.74, 6) is 0.115. The number of nitrogens with one attached hydrogen (secondary N) is 1. The van der Waals surface area contributed by atoms with Crippen LogP contribution in [0.3, 0.4) is 0 Å². The molecule has 26 heavy (non-hydrogen) atoms. The number of rotatable bonds is 3.